The Hall–Kier alpha value is -3.92. The summed E-state index contributed by atoms with van der Waals surface area (Å²) in [4.78, 5) is 0. The van der Waals surface area contributed by atoms with Crippen molar-refractivity contribution in [2.45, 2.75) is 26.2 Å². The number of fused-ring (bicyclic) bond motifs is 1. The smallest absolute Gasteiger partial charge is 0.244 e. The second kappa shape index (κ2) is 8.84. The van der Waals surface area contributed by atoms with Crippen molar-refractivity contribution in [3.63, 3.8) is 0 Å². The van der Waals surface area contributed by atoms with Crippen molar-refractivity contribution in [1.29, 1.82) is 5.26 Å². The molecule has 0 fully saturated rings. The minimum atomic E-state index is -0.398. The van der Waals surface area contributed by atoms with Crippen molar-refractivity contribution in [1.82, 2.24) is 10.2 Å². The van der Waals surface area contributed by atoms with Gasteiger partial charge >= 0.3 is 0 Å². The van der Waals surface area contributed by atoms with Crippen LogP contribution in [0.4, 0.5) is 0 Å². The summed E-state index contributed by atoms with van der Waals surface area (Å²) in [5, 5.41) is 16.8. The van der Waals surface area contributed by atoms with Crippen LogP contribution in [0.25, 0.3) is 0 Å². The Balaban J connectivity index is 1.64. The lowest BCUT2D eigenvalue weighted by Gasteiger charge is -2.24. The van der Waals surface area contributed by atoms with Gasteiger partial charge in [-0.25, -0.2) is 0 Å². The molecule has 0 bridgehead atoms. The maximum atomic E-state index is 9.74. The van der Waals surface area contributed by atoms with E-state index in [1.165, 1.54) is 5.56 Å². The molecule has 0 saturated carbocycles. The van der Waals surface area contributed by atoms with Gasteiger partial charge in [-0.05, 0) is 37.1 Å². The molecule has 1 aromatic heterocycles. The molecule has 4 rings (SSSR count). The van der Waals surface area contributed by atoms with Gasteiger partial charge in [0.1, 0.15) is 11.6 Å². The van der Waals surface area contributed by atoms with Crippen LogP contribution in [0.1, 0.15) is 35.2 Å². The van der Waals surface area contributed by atoms with Crippen molar-refractivity contribution in [3.8, 4) is 23.4 Å². The molecule has 31 heavy (non-hydrogen) atoms. The number of aromatic nitrogens is 2. The van der Waals surface area contributed by atoms with Crippen LogP contribution in [0, 0.1) is 18.3 Å². The first-order valence-corrected chi connectivity index (χ1v) is 10.2. The largest absolute Gasteiger partial charge is 0.490 e. The van der Waals surface area contributed by atoms with Gasteiger partial charge in [0.2, 0.25) is 11.8 Å². The molecule has 7 heteroatoms. The number of nitriles is 1. The quantitative estimate of drug-likeness (QED) is 0.604. The molecule has 1 unspecified atom stereocenters. The zero-order chi connectivity index (χ0) is 21.8. The van der Waals surface area contributed by atoms with Gasteiger partial charge in [0.05, 0.1) is 19.1 Å². The molecule has 0 amide bonds. The highest BCUT2D eigenvalue weighted by Crippen LogP contribution is 2.44. The maximum absolute atomic E-state index is 9.74. The first-order valence-electron chi connectivity index (χ1n) is 10.2. The van der Waals surface area contributed by atoms with Gasteiger partial charge < -0.3 is 19.9 Å². The molecule has 0 radical (unpaired) electrons. The number of allylic oxidation sites excluding steroid dienone is 1. The number of H-pyrrole nitrogens is 1. The molecule has 1 aliphatic heterocycles. The molecule has 3 aromatic rings. The molecule has 158 valence electrons. The van der Waals surface area contributed by atoms with Crippen molar-refractivity contribution in [2.24, 2.45) is 5.73 Å². The summed E-state index contributed by atoms with van der Waals surface area (Å²) in [6.45, 7) is 4.84. The van der Waals surface area contributed by atoms with Gasteiger partial charge in [0, 0.05) is 17.7 Å². The highest BCUT2D eigenvalue weighted by atomic mass is 16.5. The molecular weight excluding hydrogens is 392 g/mol. The fourth-order valence-electron chi connectivity index (χ4n) is 3.75. The number of ether oxygens (including phenoxy) is 3. The Labute approximate surface area is 181 Å². The van der Waals surface area contributed by atoms with Crippen LogP contribution in [-0.2, 0) is 6.42 Å². The SMILES string of the molecule is CCOc1cc(C2C(C#N)=C(N)Oc3n[nH]c(C)c32)ccc1OCCc1ccccc1. The normalized spacial score (nSPS) is 15.1. The van der Waals surface area contributed by atoms with E-state index >= 15 is 0 Å². The molecule has 0 saturated heterocycles. The summed E-state index contributed by atoms with van der Waals surface area (Å²) in [5.74, 6) is 1.34. The Morgan fingerprint density at radius 1 is 1.16 bits per heavy atom. The van der Waals surface area contributed by atoms with Gasteiger partial charge in [-0.1, -0.05) is 36.4 Å². The average Bonchev–Trinajstić information content (AvgIpc) is 3.14. The molecule has 2 heterocycles. The highest BCUT2D eigenvalue weighted by molar-refractivity contribution is 5.57. The second-order valence-electron chi connectivity index (χ2n) is 7.22. The van der Waals surface area contributed by atoms with Crippen LogP contribution >= 0.6 is 0 Å². The zero-order valence-corrected chi connectivity index (χ0v) is 17.5. The van der Waals surface area contributed by atoms with Crippen molar-refractivity contribution >= 4 is 0 Å². The number of benzene rings is 2. The van der Waals surface area contributed by atoms with E-state index in [0.29, 0.717) is 36.2 Å². The van der Waals surface area contributed by atoms with Gasteiger partial charge in [-0.3, -0.25) is 5.10 Å². The number of hydrogen-bond donors (Lipinski definition) is 2. The fourth-order valence-corrected chi connectivity index (χ4v) is 3.75. The Morgan fingerprint density at radius 3 is 2.71 bits per heavy atom. The van der Waals surface area contributed by atoms with Crippen molar-refractivity contribution in [2.75, 3.05) is 13.2 Å². The minimum Gasteiger partial charge on any atom is -0.490 e. The van der Waals surface area contributed by atoms with Gasteiger partial charge in [0.25, 0.3) is 0 Å². The molecule has 1 atom stereocenters. The Morgan fingerprint density at radius 2 is 1.97 bits per heavy atom. The number of rotatable bonds is 7. The number of hydrogen-bond acceptors (Lipinski definition) is 6. The predicted molar refractivity (Wildman–Crippen MR) is 116 cm³/mol. The summed E-state index contributed by atoms with van der Waals surface area (Å²) in [6, 6.07) is 18.1. The molecule has 0 spiro atoms. The summed E-state index contributed by atoms with van der Waals surface area (Å²) in [7, 11) is 0. The van der Waals surface area contributed by atoms with E-state index in [4.69, 9.17) is 19.9 Å². The third-order valence-electron chi connectivity index (χ3n) is 5.22. The van der Waals surface area contributed by atoms with E-state index in [1.54, 1.807) is 0 Å². The minimum absolute atomic E-state index is 0.0626. The van der Waals surface area contributed by atoms with Crippen molar-refractivity contribution in [3.05, 3.63) is 82.4 Å². The topological polar surface area (TPSA) is 106 Å². The molecule has 2 aromatic carbocycles. The molecule has 0 aliphatic carbocycles. The fraction of sp³-hybridized carbons (Fsp3) is 0.250. The lowest BCUT2D eigenvalue weighted by atomic mass is 9.84. The summed E-state index contributed by atoms with van der Waals surface area (Å²) in [5.41, 5.74) is 10.0. The van der Waals surface area contributed by atoms with E-state index in [2.05, 4.69) is 28.4 Å². The monoisotopic (exact) mass is 416 g/mol. The average molecular weight is 416 g/mol. The van der Waals surface area contributed by atoms with Gasteiger partial charge in [0.15, 0.2) is 11.5 Å². The van der Waals surface area contributed by atoms with Gasteiger partial charge in [-0.15, -0.1) is 5.10 Å². The number of nitrogens with zero attached hydrogens (tertiary/aromatic N) is 2. The second-order valence-corrected chi connectivity index (χ2v) is 7.22. The molecule has 3 N–H and O–H groups in total. The van der Waals surface area contributed by atoms with E-state index in [9.17, 15) is 5.26 Å². The van der Waals surface area contributed by atoms with Crippen LogP contribution in [-0.4, -0.2) is 23.4 Å². The van der Waals surface area contributed by atoms with Crippen LogP contribution in [0.15, 0.2) is 60.0 Å². The number of aromatic amines is 1. The number of nitrogens with two attached hydrogens (primary N) is 1. The third-order valence-corrected chi connectivity index (χ3v) is 5.22. The number of nitrogens with one attached hydrogen (secondary N) is 1. The van der Waals surface area contributed by atoms with Crippen LogP contribution in [0.5, 0.6) is 17.4 Å². The van der Waals surface area contributed by atoms with Gasteiger partial charge in [-0.2, -0.15) is 5.26 Å². The molecule has 1 aliphatic rings. The highest BCUT2D eigenvalue weighted by Gasteiger charge is 2.34. The van der Waals surface area contributed by atoms with Crippen LogP contribution in [0.2, 0.25) is 0 Å². The first-order chi connectivity index (χ1) is 15.1. The number of aryl methyl sites for hydroxylation is 1. The third kappa shape index (κ3) is 4.05. The standard InChI is InChI=1S/C24H24N4O3/c1-3-29-20-13-17(9-10-19(20)30-12-11-16-7-5-4-6-8-16)22-18(14-25)23(26)31-24-21(22)15(2)27-28-24/h4-10,13,22H,3,11-12,26H2,1-2H3,(H,27,28). The van der Waals surface area contributed by atoms with E-state index < -0.39 is 5.92 Å². The molecular formula is C24H24N4O3. The first kappa shape index (κ1) is 20.4. The summed E-state index contributed by atoms with van der Waals surface area (Å²) >= 11 is 0. The predicted octanol–water partition coefficient (Wildman–Crippen LogP) is 3.96. The van der Waals surface area contributed by atoms with Crippen LogP contribution in [0.3, 0.4) is 0 Å². The Bertz CT molecular complexity index is 1150. The summed E-state index contributed by atoms with van der Waals surface area (Å²) in [6.07, 6.45) is 0.795. The maximum Gasteiger partial charge on any atom is 0.244 e. The van der Waals surface area contributed by atoms with E-state index in [1.807, 2.05) is 50.2 Å². The lowest BCUT2D eigenvalue weighted by Crippen LogP contribution is -2.21. The lowest BCUT2D eigenvalue weighted by molar-refractivity contribution is 0.279. The van der Waals surface area contributed by atoms with Crippen LogP contribution < -0.4 is 19.9 Å². The van der Waals surface area contributed by atoms with Crippen molar-refractivity contribution < 1.29 is 14.2 Å². The molecule has 7 nitrogen and oxygen atoms in total. The zero-order valence-electron chi connectivity index (χ0n) is 17.5. The summed E-state index contributed by atoms with van der Waals surface area (Å²) < 4.78 is 17.4. The van der Waals surface area contributed by atoms with E-state index in [-0.39, 0.29) is 5.88 Å². The Kier molecular flexibility index (Phi) is 5.80. The van der Waals surface area contributed by atoms with E-state index in [0.717, 1.165) is 23.2 Å².